The van der Waals surface area contributed by atoms with Crippen LogP contribution in [0.4, 0.5) is 0 Å². The number of aliphatic hydroxyl groups is 3. The first-order chi connectivity index (χ1) is 17.1. The zero-order valence-electron chi connectivity index (χ0n) is 21.5. The Balaban J connectivity index is 1.27. The highest BCUT2D eigenvalue weighted by Crippen LogP contribution is 2.71. The van der Waals surface area contributed by atoms with E-state index in [0.29, 0.717) is 19.3 Å². The van der Waals surface area contributed by atoms with E-state index in [9.17, 15) is 15.3 Å². The van der Waals surface area contributed by atoms with E-state index in [0.717, 1.165) is 31.1 Å². The molecule has 7 rings (SSSR count). The summed E-state index contributed by atoms with van der Waals surface area (Å²) in [6, 6.07) is 8.58. The third-order valence-electron chi connectivity index (χ3n) is 11.2. The molecule has 36 heavy (non-hydrogen) atoms. The molecule has 3 aliphatic carbocycles. The van der Waals surface area contributed by atoms with Crippen LogP contribution >= 0.6 is 0 Å². The fourth-order valence-electron chi connectivity index (χ4n) is 9.31. The van der Waals surface area contributed by atoms with Crippen molar-refractivity contribution in [3.63, 3.8) is 0 Å². The quantitative estimate of drug-likeness (QED) is 0.597. The minimum absolute atomic E-state index is 0.0843. The summed E-state index contributed by atoms with van der Waals surface area (Å²) in [6.07, 6.45) is 9.73. The molecule has 9 atom stereocenters. The lowest BCUT2D eigenvalue weighted by atomic mass is 9.51. The lowest BCUT2D eigenvalue weighted by Gasteiger charge is -2.65. The van der Waals surface area contributed by atoms with Crippen LogP contribution in [0.2, 0.25) is 0 Å². The number of hydrogen-bond acceptors (Lipinski definition) is 6. The predicted molar refractivity (Wildman–Crippen MR) is 138 cm³/mol. The molecule has 0 amide bonds. The van der Waals surface area contributed by atoms with Crippen molar-refractivity contribution in [2.75, 3.05) is 14.1 Å². The Hall–Kier alpha value is -1.83. The molecule has 1 aromatic heterocycles. The number of ether oxygens (including phenoxy) is 1. The number of fused-ring (bicyclic) bond motifs is 2. The van der Waals surface area contributed by atoms with Crippen molar-refractivity contribution in [2.45, 2.75) is 86.9 Å². The molecule has 3 heterocycles. The molecule has 2 bridgehead atoms. The Kier molecular flexibility index (Phi) is 4.78. The van der Waals surface area contributed by atoms with Gasteiger partial charge < -0.3 is 25.0 Å². The van der Waals surface area contributed by atoms with Gasteiger partial charge in [-0.2, -0.15) is 0 Å². The van der Waals surface area contributed by atoms with E-state index in [2.05, 4.69) is 42.2 Å². The number of likely N-dealkylation sites (N-methyl/N-ethyl adjacent to an activating group) is 1. The first kappa shape index (κ1) is 23.3. The molecule has 6 heteroatoms. The van der Waals surface area contributed by atoms with Crippen LogP contribution in [0.1, 0.15) is 57.4 Å². The summed E-state index contributed by atoms with van der Waals surface area (Å²) in [4.78, 5) is 6.28. The number of aliphatic hydroxyl groups excluding tert-OH is 2. The summed E-state index contributed by atoms with van der Waals surface area (Å²) in [5.41, 5.74) is 0.459. The van der Waals surface area contributed by atoms with Crippen LogP contribution < -0.4 is 0 Å². The van der Waals surface area contributed by atoms with E-state index in [4.69, 9.17) is 4.74 Å². The molecule has 1 aromatic carbocycles. The van der Waals surface area contributed by atoms with Crippen LogP contribution in [-0.4, -0.2) is 74.4 Å². The molecule has 2 aliphatic heterocycles. The number of benzene rings is 1. The molecule has 2 saturated carbocycles. The Morgan fingerprint density at radius 3 is 2.64 bits per heavy atom. The van der Waals surface area contributed by atoms with E-state index >= 15 is 0 Å². The lowest BCUT2D eigenvalue weighted by Crippen LogP contribution is -2.73. The molecule has 5 aliphatic rings. The van der Waals surface area contributed by atoms with E-state index in [1.54, 1.807) is 0 Å². The maximum atomic E-state index is 12.3. The maximum absolute atomic E-state index is 12.3. The van der Waals surface area contributed by atoms with Crippen LogP contribution in [0.15, 0.2) is 42.7 Å². The number of rotatable bonds is 2. The highest BCUT2D eigenvalue weighted by molar-refractivity contribution is 5.87. The van der Waals surface area contributed by atoms with Crippen LogP contribution in [0.3, 0.4) is 0 Å². The van der Waals surface area contributed by atoms with E-state index in [-0.39, 0.29) is 23.3 Å². The van der Waals surface area contributed by atoms with Crippen molar-refractivity contribution in [3.05, 3.63) is 48.3 Å². The molecular weight excluding hydrogens is 452 g/mol. The van der Waals surface area contributed by atoms with Gasteiger partial charge in [0.15, 0.2) is 0 Å². The third-order valence-corrected chi connectivity index (χ3v) is 11.2. The van der Waals surface area contributed by atoms with Crippen LogP contribution in [0.25, 0.3) is 16.3 Å². The molecule has 0 radical (unpaired) electrons. The Morgan fingerprint density at radius 2 is 1.83 bits per heavy atom. The van der Waals surface area contributed by atoms with Gasteiger partial charge in [-0.15, -0.1) is 0 Å². The van der Waals surface area contributed by atoms with Gasteiger partial charge in [0.25, 0.3) is 0 Å². The van der Waals surface area contributed by atoms with Crippen molar-refractivity contribution in [1.29, 1.82) is 0 Å². The number of pyridine rings is 1. The van der Waals surface area contributed by atoms with Gasteiger partial charge in [-0.25, -0.2) is 0 Å². The van der Waals surface area contributed by atoms with Gasteiger partial charge in [0, 0.05) is 35.7 Å². The summed E-state index contributed by atoms with van der Waals surface area (Å²) in [5.74, 6) is -0.0504. The monoisotopic (exact) mass is 490 g/mol. The number of nitrogens with zero attached hydrogens (tertiary/aromatic N) is 2. The van der Waals surface area contributed by atoms with Gasteiger partial charge in [0.05, 0.1) is 23.4 Å². The maximum Gasteiger partial charge on any atom is 0.102 e. The van der Waals surface area contributed by atoms with Gasteiger partial charge in [-0.05, 0) is 93.1 Å². The second kappa shape index (κ2) is 7.39. The second-order valence-electron chi connectivity index (χ2n) is 12.9. The van der Waals surface area contributed by atoms with Gasteiger partial charge in [0.1, 0.15) is 5.60 Å². The summed E-state index contributed by atoms with van der Waals surface area (Å²) < 4.78 is 7.23. The van der Waals surface area contributed by atoms with Gasteiger partial charge >= 0.3 is 0 Å². The normalized spacial score (nSPS) is 47.4. The zero-order chi connectivity index (χ0) is 25.1. The fraction of sp³-hybridized carbons (Fsp3) is 0.633. The lowest BCUT2D eigenvalue weighted by molar-refractivity contribution is -0.331. The van der Waals surface area contributed by atoms with Crippen molar-refractivity contribution in [1.82, 2.24) is 9.88 Å². The molecule has 2 aromatic rings. The Labute approximate surface area is 213 Å². The van der Waals surface area contributed by atoms with Crippen molar-refractivity contribution in [2.24, 2.45) is 17.3 Å². The minimum atomic E-state index is -0.980. The average Bonchev–Trinajstić information content (AvgIpc) is 3.39. The van der Waals surface area contributed by atoms with Crippen molar-refractivity contribution < 1.29 is 20.1 Å². The summed E-state index contributed by atoms with van der Waals surface area (Å²) in [5, 5.41) is 36.8. The van der Waals surface area contributed by atoms with Crippen LogP contribution in [0, 0.1) is 17.3 Å². The van der Waals surface area contributed by atoms with Gasteiger partial charge in [-0.1, -0.05) is 25.1 Å². The Morgan fingerprint density at radius 1 is 1.00 bits per heavy atom. The van der Waals surface area contributed by atoms with Crippen LogP contribution in [0.5, 0.6) is 0 Å². The number of allylic oxidation sites excluding steroid dienone is 2. The van der Waals surface area contributed by atoms with Crippen molar-refractivity contribution in [3.8, 4) is 0 Å². The molecule has 2 spiro atoms. The fourth-order valence-corrected chi connectivity index (χ4v) is 9.31. The largest absolute Gasteiger partial charge is 0.390 e. The summed E-state index contributed by atoms with van der Waals surface area (Å²) in [7, 11) is 3.93. The molecular formula is C30H38N2O4. The molecule has 6 nitrogen and oxygen atoms in total. The summed E-state index contributed by atoms with van der Waals surface area (Å²) >= 11 is 0. The van der Waals surface area contributed by atoms with Crippen LogP contribution in [-0.2, 0) is 4.74 Å². The zero-order valence-corrected chi connectivity index (χ0v) is 21.5. The minimum Gasteiger partial charge on any atom is -0.390 e. The predicted octanol–water partition coefficient (Wildman–Crippen LogP) is 3.53. The molecule has 3 N–H and O–H groups in total. The van der Waals surface area contributed by atoms with E-state index in [1.807, 2.05) is 31.4 Å². The van der Waals surface area contributed by atoms with Gasteiger partial charge in [-0.3, -0.25) is 4.98 Å². The smallest absolute Gasteiger partial charge is 0.102 e. The van der Waals surface area contributed by atoms with E-state index in [1.165, 1.54) is 16.5 Å². The third kappa shape index (κ3) is 2.77. The topological polar surface area (TPSA) is 86.1 Å². The van der Waals surface area contributed by atoms with Gasteiger partial charge in [0.2, 0.25) is 0 Å². The standard InChI is InChI=1S/C30H38N2O4/c1-27-9-11-29(35)15-22-25(33)26(34)23(32(2)3)16-28(22)10-12-30(29,36-28)24(27)7-6-21(27)19-4-5-20-17-31-13-8-18(20)14-19/h4-6,8,13-14,17,22-26,33-35H,7,9-12,15-16H2,1-3H3/t22?,23-,24?,25+,26+,27+,28+,29?,30-/m0/s1. The van der Waals surface area contributed by atoms with Crippen molar-refractivity contribution >= 4 is 16.3 Å². The molecule has 192 valence electrons. The SMILES string of the molecule is CN(C)[C@H]1C[C@@]23CC[C@]4(O2)C2CC=C(c5ccc6cnccc6c5)[C@@]2(C)CCC4(O)CC3[C@@H](O)[C@@H]1O. The molecule has 3 unspecified atom stereocenters. The highest BCUT2D eigenvalue weighted by Gasteiger charge is 2.76. The molecule has 2 saturated heterocycles. The first-order valence-corrected chi connectivity index (χ1v) is 13.6. The molecule has 4 fully saturated rings. The first-order valence-electron chi connectivity index (χ1n) is 13.6. The van der Waals surface area contributed by atoms with E-state index < -0.39 is 29.0 Å². The second-order valence-corrected chi connectivity index (χ2v) is 12.9. The average molecular weight is 491 g/mol. The summed E-state index contributed by atoms with van der Waals surface area (Å²) in [6.45, 7) is 2.38. The highest BCUT2D eigenvalue weighted by atomic mass is 16.6. The Bertz CT molecular complexity index is 1260. The number of hydrogen-bond donors (Lipinski definition) is 3. The number of aromatic nitrogens is 1.